The lowest BCUT2D eigenvalue weighted by Crippen LogP contribution is -2.50. The number of rotatable bonds is 5. The molecule has 136 valence electrons. The summed E-state index contributed by atoms with van der Waals surface area (Å²) >= 11 is 0. The Morgan fingerprint density at radius 3 is 2.56 bits per heavy atom. The Morgan fingerprint density at radius 1 is 1.28 bits per heavy atom. The fourth-order valence-electron chi connectivity index (χ4n) is 2.24. The first-order valence-corrected chi connectivity index (χ1v) is 7.69. The van der Waals surface area contributed by atoms with Crippen LogP contribution >= 0.6 is 0 Å². The minimum Gasteiger partial charge on any atom is -0.569 e. The highest BCUT2D eigenvalue weighted by molar-refractivity contribution is 5.67. The number of hydrazine groups is 1. The van der Waals surface area contributed by atoms with E-state index in [1.165, 1.54) is 22.0 Å². The molecule has 25 heavy (non-hydrogen) atoms. The second-order valence-corrected chi connectivity index (χ2v) is 5.29. The first kappa shape index (κ1) is 18.2. The van der Waals surface area contributed by atoms with Gasteiger partial charge in [0.25, 0.3) is 0 Å². The van der Waals surface area contributed by atoms with Crippen LogP contribution in [0, 0.1) is 22.2 Å². The summed E-state index contributed by atoms with van der Waals surface area (Å²) in [5.41, 5.74) is 0.414. The number of piperazine rings is 1. The van der Waals surface area contributed by atoms with Crippen LogP contribution < -0.4 is 4.84 Å². The molecule has 11 heteroatoms. The van der Waals surface area contributed by atoms with Crippen LogP contribution in [0.2, 0.25) is 0 Å². The lowest BCUT2D eigenvalue weighted by atomic mass is 10.2. The summed E-state index contributed by atoms with van der Waals surface area (Å²) in [5, 5.41) is 27.7. The molecule has 1 aliphatic heterocycles. The van der Waals surface area contributed by atoms with E-state index in [0.717, 1.165) is 0 Å². The fraction of sp³-hybridized carbons (Fsp3) is 0.500. The standard InChI is InChI=1S/C14H19N5O6/c1-3-24-14(20)16-6-8-17(9-7-16)19(23)15-25-13-5-4-11(2)10-12(13)18(21)22/h4-5,10H,3,6-9H2,1-2H3/b19-15-. The predicted octanol–water partition coefficient (Wildman–Crippen LogP) is 1.85. The molecule has 0 spiro atoms. The molecule has 2 rings (SSSR count). The van der Waals surface area contributed by atoms with E-state index < -0.39 is 11.0 Å². The maximum Gasteiger partial charge on any atom is 0.409 e. The van der Waals surface area contributed by atoms with Gasteiger partial charge in [0.05, 0.1) is 29.6 Å². The Morgan fingerprint density at radius 2 is 1.96 bits per heavy atom. The van der Waals surface area contributed by atoms with Crippen LogP contribution in [0.25, 0.3) is 0 Å². The molecule has 0 radical (unpaired) electrons. The molecule has 0 aromatic heterocycles. The molecule has 1 aromatic rings. The third-order valence-corrected chi connectivity index (χ3v) is 3.54. The summed E-state index contributed by atoms with van der Waals surface area (Å²) in [4.78, 5) is 28.6. The topological polar surface area (TPSA) is 124 Å². The number of nitro benzene ring substituents is 1. The first-order valence-electron chi connectivity index (χ1n) is 7.69. The summed E-state index contributed by atoms with van der Waals surface area (Å²) in [7, 11) is 0. The molecule has 1 heterocycles. The van der Waals surface area contributed by atoms with Crippen molar-refractivity contribution in [3.8, 4) is 5.75 Å². The van der Waals surface area contributed by atoms with E-state index in [9.17, 15) is 20.1 Å². The number of benzene rings is 1. The van der Waals surface area contributed by atoms with Gasteiger partial charge in [0, 0.05) is 19.2 Å². The van der Waals surface area contributed by atoms with Gasteiger partial charge in [-0.3, -0.25) is 15.0 Å². The van der Waals surface area contributed by atoms with Gasteiger partial charge in [-0.25, -0.2) is 4.79 Å². The molecule has 11 nitrogen and oxygen atoms in total. The maximum absolute atomic E-state index is 12.0. The molecule has 1 saturated heterocycles. The van der Waals surface area contributed by atoms with Gasteiger partial charge in [0.15, 0.2) is 0 Å². The molecule has 0 unspecified atom stereocenters. The lowest BCUT2D eigenvalue weighted by molar-refractivity contribution is -0.708. The van der Waals surface area contributed by atoms with Crippen molar-refractivity contribution in [2.24, 2.45) is 5.28 Å². The van der Waals surface area contributed by atoms with E-state index in [1.807, 2.05) is 0 Å². The van der Waals surface area contributed by atoms with Crippen LogP contribution in [0.5, 0.6) is 5.75 Å². The Bertz CT molecular complexity index is 672. The Balaban J connectivity index is 1.97. The summed E-state index contributed by atoms with van der Waals surface area (Å²) in [6.07, 6.45) is -0.428. The van der Waals surface area contributed by atoms with Gasteiger partial charge in [-0.1, -0.05) is 6.07 Å². The molecular weight excluding hydrogens is 334 g/mol. The van der Waals surface area contributed by atoms with Gasteiger partial charge in [-0.15, -0.1) is 5.01 Å². The van der Waals surface area contributed by atoms with Crippen LogP contribution in [0.3, 0.4) is 0 Å². The number of aryl methyl sites for hydroxylation is 1. The highest BCUT2D eigenvalue weighted by Gasteiger charge is 2.26. The van der Waals surface area contributed by atoms with E-state index in [2.05, 4.69) is 5.28 Å². The number of amides is 1. The van der Waals surface area contributed by atoms with Crippen LogP contribution in [0.15, 0.2) is 23.5 Å². The van der Waals surface area contributed by atoms with Crippen molar-refractivity contribution in [1.82, 2.24) is 9.91 Å². The zero-order chi connectivity index (χ0) is 18.4. The third kappa shape index (κ3) is 4.68. The van der Waals surface area contributed by atoms with Crippen LogP contribution in [-0.2, 0) is 4.74 Å². The Hall–Kier alpha value is -3.11. The van der Waals surface area contributed by atoms with E-state index in [1.54, 1.807) is 19.9 Å². The third-order valence-electron chi connectivity index (χ3n) is 3.54. The highest BCUT2D eigenvalue weighted by Crippen LogP contribution is 2.27. The van der Waals surface area contributed by atoms with Crippen molar-refractivity contribution in [3.05, 3.63) is 39.1 Å². The first-order chi connectivity index (χ1) is 11.9. The largest absolute Gasteiger partial charge is 0.569 e. The van der Waals surface area contributed by atoms with Crippen molar-refractivity contribution < 1.29 is 24.3 Å². The average molecular weight is 353 g/mol. The number of hydrogen-bond acceptors (Lipinski definition) is 7. The molecule has 1 aliphatic rings. The van der Waals surface area contributed by atoms with Gasteiger partial charge >= 0.3 is 11.8 Å². The van der Waals surface area contributed by atoms with E-state index in [4.69, 9.17) is 9.57 Å². The number of ether oxygens (including phenoxy) is 1. The van der Waals surface area contributed by atoms with Gasteiger partial charge in [0.2, 0.25) is 11.0 Å². The van der Waals surface area contributed by atoms with Gasteiger partial charge in [-0.05, 0) is 25.5 Å². The Labute approximate surface area is 143 Å². The molecular formula is C14H19N5O6. The molecule has 1 aromatic carbocycles. The molecule has 0 N–H and O–H groups in total. The van der Waals surface area contributed by atoms with E-state index in [0.29, 0.717) is 18.7 Å². The quantitative estimate of drug-likeness (QED) is 0.342. The highest BCUT2D eigenvalue weighted by atomic mass is 16.7. The minimum atomic E-state index is -0.606. The molecule has 0 atom stereocenters. The molecule has 1 fully saturated rings. The zero-order valence-electron chi connectivity index (χ0n) is 14.0. The summed E-state index contributed by atoms with van der Waals surface area (Å²) in [6, 6.07) is 4.33. The second kappa shape index (κ2) is 8.13. The van der Waals surface area contributed by atoms with Crippen LogP contribution in [0.1, 0.15) is 12.5 Å². The summed E-state index contributed by atoms with van der Waals surface area (Å²) in [6.45, 7) is 4.79. The zero-order valence-corrected chi connectivity index (χ0v) is 14.0. The Kier molecular flexibility index (Phi) is 5.93. The normalized spacial score (nSPS) is 15.0. The predicted molar refractivity (Wildman–Crippen MR) is 84.7 cm³/mol. The van der Waals surface area contributed by atoms with Crippen LogP contribution in [-0.4, -0.2) is 58.7 Å². The molecule has 0 bridgehead atoms. The average Bonchev–Trinajstić information content (AvgIpc) is 2.60. The van der Waals surface area contributed by atoms with Crippen molar-refractivity contribution >= 4 is 11.8 Å². The van der Waals surface area contributed by atoms with Crippen molar-refractivity contribution in [1.29, 1.82) is 0 Å². The maximum atomic E-state index is 12.0. The van der Waals surface area contributed by atoms with E-state index >= 15 is 0 Å². The number of carbonyl (C=O) groups excluding carboxylic acids is 1. The van der Waals surface area contributed by atoms with Crippen molar-refractivity contribution in [2.75, 3.05) is 32.8 Å². The SMILES string of the molecule is CCOC(=O)N1CCN(/[N+]([O-])=N/Oc2ccc(C)cc2[N+](=O)[O-])CC1. The van der Waals surface area contributed by atoms with Crippen molar-refractivity contribution in [2.45, 2.75) is 13.8 Å². The van der Waals surface area contributed by atoms with Gasteiger partial charge < -0.3 is 14.8 Å². The van der Waals surface area contributed by atoms with Gasteiger partial charge in [0.1, 0.15) is 0 Å². The monoisotopic (exact) mass is 353 g/mol. The fourth-order valence-corrected chi connectivity index (χ4v) is 2.24. The summed E-state index contributed by atoms with van der Waals surface area (Å²) in [5.74, 6) is -0.124. The van der Waals surface area contributed by atoms with Crippen LogP contribution in [0.4, 0.5) is 10.5 Å². The minimum absolute atomic E-state index is 0.124. The molecule has 0 aliphatic carbocycles. The molecule has 0 saturated carbocycles. The number of hydrogen-bond donors (Lipinski definition) is 0. The second-order valence-electron chi connectivity index (χ2n) is 5.29. The number of nitrogens with zero attached hydrogens (tertiary/aromatic N) is 5. The lowest BCUT2D eigenvalue weighted by Gasteiger charge is -2.30. The van der Waals surface area contributed by atoms with Crippen molar-refractivity contribution in [3.63, 3.8) is 0 Å². The number of carbonyl (C=O) groups is 1. The summed E-state index contributed by atoms with van der Waals surface area (Å²) < 4.78 is 4.89. The van der Waals surface area contributed by atoms with Gasteiger partial charge in [-0.2, -0.15) is 0 Å². The number of nitro groups is 1. The molecule has 1 amide bonds. The smallest absolute Gasteiger partial charge is 0.409 e. The van der Waals surface area contributed by atoms with E-state index in [-0.39, 0.29) is 36.1 Å².